The van der Waals surface area contributed by atoms with Gasteiger partial charge in [-0.25, -0.2) is 0 Å². The van der Waals surface area contributed by atoms with Gasteiger partial charge in [-0.3, -0.25) is 9.98 Å². The van der Waals surface area contributed by atoms with Crippen molar-refractivity contribution in [3.63, 3.8) is 0 Å². The third kappa shape index (κ3) is 4.19. The van der Waals surface area contributed by atoms with E-state index in [2.05, 4.69) is 26.8 Å². The van der Waals surface area contributed by atoms with E-state index >= 15 is 0 Å². The van der Waals surface area contributed by atoms with E-state index < -0.39 is 0 Å². The zero-order chi connectivity index (χ0) is 17.5. The zero-order valence-electron chi connectivity index (χ0n) is 14.7. The molecule has 24 heavy (non-hydrogen) atoms. The summed E-state index contributed by atoms with van der Waals surface area (Å²) in [5.74, 6) is 1.01. The first-order valence-corrected chi connectivity index (χ1v) is 8.35. The minimum Gasteiger partial charge on any atom is -0.369 e. The molecule has 1 aromatic rings. The minimum atomic E-state index is -0.222. The summed E-state index contributed by atoms with van der Waals surface area (Å²) >= 11 is 0. The van der Waals surface area contributed by atoms with E-state index in [9.17, 15) is 4.79 Å². The molecule has 0 saturated carbocycles. The van der Waals surface area contributed by atoms with Crippen LogP contribution in [0.15, 0.2) is 32.5 Å². The Kier molecular flexibility index (Phi) is 6.46. The molecule has 0 amide bonds. The maximum Gasteiger partial charge on any atom is 0.147 e. The Hall–Kier alpha value is -2.24. The Morgan fingerprint density at radius 2 is 2.17 bits per heavy atom. The molecule has 1 fully saturated rings. The van der Waals surface area contributed by atoms with Crippen molar-refractivity contribution in [2.75, 3.05) is 20.1 Å². The zero-order valence-corrected chi connectivity index (χ0v) is 14.7. The van der Waals surface area contributed by atoms with Gasteiger partial charge in [-0.2, -0.15) is 0 Å². The maximum absolute atomic E-state index is 11.2. The molecule has 1 aliphatic heterocycles. The van der Waals surface area contributed by atoms with Gasteiger partial charge < -0.3 is 14.2 Å². The SMILES string of the molecule is C=N/C=C(\C=NC)N1CCC(c2cc(C(C=O)C(C)C)on2)CC1. The van der Waals surface area contributed by atoms with Crippen molar-refractivity contribution in [3.05, 3.63) is 29.4 Å². The highest BCUT2D eigenvalue weighted by Gasteiger charge is 2.26. The van der Waals surface area contributed by atoms with Gasteiger partial charge in [-0.05, 0) is 25.5 Å². The van der Waals surface area contributed by atoms with Crippen LogP contribution in [0.5, 0.6) is 0 Å². The summed E-state index contributed by atoms with van der Waals surface area (Å²) in [5.41, 5.74) is 1.93. The molecule has 6 heteroatoms. The number of aromatic nitrogens is 1. The van der Waals surface area contributed by atoms with Gasteiger partial charge in [0.15, 0.2) is 0 Å². The van der Waals surface area contributed by atoms with Crippen LogP contribution in [0, 0.1) is 5.92 Å². The van der Waals surface area contributed by atoms with Crippen LogP contribution in [0.3, 0.4) is 0 Å². The number of aliphatic imine (C=N–C) groups is 2. The van der Waals surface area contributed by atoms with E-state index in [1.807, 2.05) is 19.9 Å². The van der Waals surface area contributed by atoms with Crippen molar-refractivity contribution in [2.45, 2.75) is 38.5 Å². The molecular formula is C18H26N4O2. The van der Waals surface area contributed by atoms with Crippen molar-refractivity contribution >= 4 is 19.2 Å². The van der Waals surface area contributed by atoms with Gasteiger partial charge >= 0.3 is 0 Å². The highest BCUT2D eigenvalue weighted by Crippen LogP contribution is 2.31. The fourth-order valence-corrected chi connectivity index (χ4v) is 3.06. The van der Waals surface area contributed by atoms with Crippen molar-refractivity contribution in [2.24, 2.45) is 15.9 Å². The number of piperidine rings is 1. The summed E-state index contributed by atoms with van der Waals surface area (Å²) in [5, 5.41) is 4.21. The van der Waals surface area contributed by atoms with E-state index in [1.165, 1.54) is 0 Å². The predicted molar refractivity (Wildman–Crippen MR) is 95.7 cm³/mol. The Balaban J connectivity index is 2.02. The largest absolute Gasteiger partial charge is 0.369 e. The highest BCUT2D eigenvalue weighted by molar-refractivity contribution is 5.77. The quantitative estimate of drug-likeness (QED) is 0.569. The first-order valence-electron chi connectivity index (χ1n) is 8.35. The summed E-state index contributed by atoms with van der Waals surface area (Å²) < 4.78 is 5.43. The van der Waals surface area contributed by atoms with E-state index in [-0.39, 0.29) is 11.8 Å². The standard InChI is InChI=1S/C18H26N4O2/c1-13(2)16(12-23)18-9-17(21-24-18)14-5-7-22(8-6-14)15(10-19-3)11-20-4/h9-14,16H,3,5-8H2,1-2,4H3/b15-10+,20-11?. The maximum atomic E-state index is 11.2. The van der Waals surface area contributed by atoms with E-state index in [1.54, 1.807) is 19.5 Å². The van der Waals surface area contributed by atoms with Gasteiger partial charge in [0.1, 0.15) is 12.0 Å². The van der Waals surface area contributed by atoms with Gasteiger partial charge in [0.2, 0.25) is 0 Å². The first-order chi connectivity index (χ1) is 11.6. The van der Waals surface area contributed by atoms with Crippen molar-refractivity contribution < 1.29 is 9.32 Å². The average molecular weight is 330 g/mol. The Morgan fingerprint density at radius 1 is 1.46 bits per heavy atom. The second-order valence-electron chi connectivity index (χ2n) is 6.45. The van der Waals surface area contributed by atoms with Crippen LogP contribution in [0.25, 0.3) is 0 Å². The molecule has 2 heterocycles. The third-order valence-electron chi connectivity index (χ3n) is 4.50. The van der Waals surface area contributed by atoms with Crippen molar-refractivity contribution in [1.82, 2.24) is 10.1 Å². The van der Waals surface area contributed by atoms with Gasteiger partial charge in [-0.15, -0.1) is 0 Å². The smallest absolute Gasteiger partial charge is 0.147 e. The summed E-state index contributed by atoms with van der Waals surface area (Å²) in [6.07, 6.45) is 6.44. The van der Waals surface area contributed by atoms with Crippen LogP contribution in [-0.2, 0) is 4.79 Å². The molecule has 1 saturated heterocycles. The van der Waals surface area contributed by atoms with Crippen LogP contribution in [0.1, 0.15) is 50.0 Å². The van der Waals surface area contributed by atoms with Gasteiger partial charge in [0.05, 0.1) is 23.5 Å². The van der Waals surface area contributed by atoms with Gasteiger partial charge in [0.25, 0.3) is 0 Å². The lowest BCUT2D eigenvalue weighted by atomic mass is 9.90. The average Bonchev–Trinajstić information content (AvgIpc) is 3.05. The number of carbonyl (C=O) groups excluding carboxylic acids is 1. The number of hydrogen-bond acceptors (Lipinski definition) is 6. The molecule has 1 unspecified atom stereocenters. The van der Waals surface area contributed by atoms with Crippen LogP contribution in [0.2, 0.25) is 0 Å². The topological polar surface area (TPSA) is 71.1 Å². The normalized spacial score (nSPS) is 18.3. The second-order valence-corrected chi connectivity index (χ2v) is 6.45. The monoisotopic (exact) mass is 330 g/mol. The number of rotatable bonds is 7. The second kappa shape index (κ2) is 8.57. The number of allylic oxidation sites excluding steroid dienone is 1. The molecule has 0 N–H and O–H groups in total. The molecule has 0 spiro atoms. The van der Waals surface area contributed by atoms with Crippen molar-refractivity contribution in [1.29, 1.82) is 0 Å². The van der Waals surface area contributed by atoms with Crippen LogP contribution in [0.4, 0.5) is 0 Å². The molecule has 1 aliphatic rings. The molecule has 0 radical (unpaired) electrons. The molecule has 1 atom stereocenters. The lowest BCUT2D eigenvalue weighted by molar-refractivity contribution is -0.110. The molecular weight excluding hydrogens is 304 g/mol. The van der Waals surface area contributed by atoms with Crippen LogP contribution in [-0.4, -0.2) is 49.4 Å². The van der Waals surface area contributed by atoms with Gasteiger partial charge in [0, 0.05) is 38.3 Å². The third-order valence-corrected chi connectivity index (χ3v) is 4.50. The fraction of sp³-hybridized carbons (Fsp3) is 0.556. The Morgan fingerprint density at radius 3 is 2.71 bits per heavy atom. The number of nitrogens with zero attached hydrogens (tertiary/aromatic N) is 4. The predicted octanol–water partition coefficient (Wildman–Crippen LogP) is 3.04. The molecule has 1 aromatic heterocycles. The van der Waals surface area contributed by atoms with Crippen LogP contribution < -0.4 is 0 Å². The summed E-state index contributed by atoms with van der Waals surface area (Å²) in [6, 6.07) is 1.95. The lowest BCUT2D eigenvalue weighted by Gasteiger charge is -2.32. The van der Waals surface area contributed by atoms with E-state index in [0.29, 0.717) is 11.7 Å². The van der Waals surface area contributed by atoms with Crippen molar-refractivity contribution in [3.8, 4) is 0 Å². The number of aldehydes is 1. The summed E-state index contributed by atoms with van der Waals surface area (Å²) in [6.45, 7) is 9.35. The highest BCUT2D eigenvalue weighted by atomic mass is 16.5. The number of carbonyl (C=O) groups is 1. The molecule has 0 aliphatic carbocycles. The lowest BCUT2D eigenvalue weighted by Crippen LogP contribution is -2.33. The Labute approximate surface area is 143 Å². The summed E-state index contributed by atoms with van der Waals surface area (Å²) in [4.78, 5) is 21.4. The minimum absolute atomic E-state index is 0.206. The van der Waals surface area contributed by atoms with Gasteiger partial charge in [-0.1, -0.05) is 19.0 Å². The fourth-order valence-electron chi connectivity index (χ4n) is 3.06. The van der Waals surface area contributed by atoms with E-state index in [4.69, 9.17) is 4.52 Å². The summed E-state index contributed by atoms with van der Waals surface area (Å²) in [7, 11) is 1.75. The molecule has 6 nitrogen and oxygen atoms in total. The number of hydrogen-bond donors (Lipinski definition) is 0. The first kappa shape index (κ1) is 18.1. The molecule has 0 aromatic carbocycles. The molecule has 2 rings (SSSR count). The Bertz CT molecular complexity index is 610. The van der Waals surface area contributed by atoms with E-state index in [0.717, 1.165) is 43.6 Å². The molecule has 130 valence electrons. The van der Waals surface area contributed by atoms with Crippen LogP contribution >= 0.6 is 0 Å². The number of likely N-dealkylation sites (tertiary alicyclic amines) is 1. The molecule has 0 bridgehead atoms.